The molecule has 0 spiro atoms. The monoisotopic (exact) mass is 468 g/mol. The van der Waals surface area contributed by atoms with Crippen molar-refractivity contribution in [2.24, 2.45) is 5.10 Å². The van der Waals surface area contributed by atoms with E-state index in [9.17, 15) is 4.79 Å². The standard InChI is InChI=1S/C27H24N4O2S/c1-20(23-12-14-25(15-13-23)33-18-21-6-3-2-4-7-21)30-31-26(32)24-10-8-22(9-11-24)19-34-27-28-16-5-17-29-27/h2-17H,18-19H2,1H3,(H,31,32)/b30-20+. The molecule has 0 unspecified atom stereocenters. The average molecular weight is 469 g/mol. The Hall–Kier alpha value is -3.97. The number of nitrogens with zero attached hydrogens (tertiary/aromatic N) is 3. The normalized spacial score (nSPS) is 11.1. The Morgan fingerprint density at radius 3 is 2.24 bits per heavy atom. The molecule has 1 N–H and O–H groups in total. The van der Waals surface area contributed by atoms with Gasteiger partial charge in [-0.1, -0.05) is 54.2 Å². The van der Waals surface area contributed by atoms with E-state index in [2.05, 4.69) is 20.5 Å². The van der Waals surface area contributed by atoms with Crippen LogP contribution in [0.15, 0.2) is 108 Å². The molecule has 1 amide bonds. The first kappa shape index (κ1) is 23.2. The highest BCUT2D eigenvalue weighted by Crippen LogP contribution is 2.19. The largest absolute Gasteiger partial charge is 0.489 e. The highest BCUT2D eigenvalue weighted by Gasteiger charge is 2.06. The molecule has 1 heterocycles. The van der Waals surface area contributed by atoms with E-state index in [0.717, 1.165) is 33.3 Å². The molecule has 1 aromatic heterocycles. The molecule has 0 saturated carbocycles. The maximum absolute atomic E-state index is 12.5. The van der Waals surface area contributed by atoms with Gasteiger partial charge in [-0.05, 0) is 66.1 Å². The first-order valence-corrected chi connectivity index (χ1v) is 11.8. The van der Waals surface area contributed by atoms with Gasteiger partial charge in [0.1, 0.15) is 12.4 Å². The molecular formula is C27H24N4O2S. The Kier molecular flexibility index (Phi) is 8.03. The van der Waals surface area contributed by atoms with Crippen molar-refractivity contribution in [3.05, 3.63) is 120 Å². The molecule has 170 valence electrons. The van der Waals surface area contributed by atoms with E-state index in [1.807, 2.05) is 73.7 Å². The zero-order valence-electron chi connectivity index (χ0n) is 18.7. The summed E-state index contributed by atoms with van der Waals surface area (Å²) in [7, 11) is 0. The summed E-state index contributed by atoms with van der Waals surface area (Å²) in [6.07, 6.45) is 3.44. The highest BCUT2D eigenvalue weighted by molar-refractivity contribution is 7.98. The lowest BCUT2D eigenvalue weighted by molar-refractivity contribution is 0.0955. The minimum atomic E-state index is -0.257. The molecule has 0 aliphatic carbocycles. The number of benzene rings is 3. The zero-order valence-corrected chi connectivity index (χ0v) is 19.5. The van der Waals surface area contributed by atoms with Crippen LogP contribution in [0.4, 0.5) is 0 Å². The molecule has 0 atom stereocenters. The lowest BCUT2D eigenvalue weighted by Gasteiger charge is -2.08. The van der Waals surface area contributed by atoms with E-state index in [0.29, 0.717) is 17.9 Å². The number of rotatable bonds is 9. The number of nitrogens with one attached hydrogen (secondary N) is 1. The molecule has 6 nitrogen and oxygen atoms in total. The summed E-state index contributed by atoms with van der Waals surface area (Å²) in [6, 6.07) is 26.9. The summed E-state index contributed by atoms with van der Waals surface area (Å²) in [5.74, 6) is 1.25. The van der Waals surface area contributed by atoms with Crippen LogP contribution in [0, 0.1) is 0 Å². The van der Waals surface area contributed by atoms with Gasteiger partial charge in [-0.15, -0.1) is 0 Å². The molecule has 0 saturated heterocycles. The number of carbonyl (C=O) groups is 1. The molecule has 3 aromatic carbocycles. The predicted octanol–water partition coefficient (Wildman–Crippen LogP) is 5.50. The van der Waals surface area contributed by atoms with Gasteiger partial charge in [-0.25, -0.2) is 15.4 Å². The minimum absolute atomic E-state index is 0.257. The van der Waals surface area contributed by atoms with Crippen LogP contribution in [0.1, 0.15) is 34.0 Å². The molecule has 0 bridgehead atoms. The van der Waals surface area contributed by atoms with Gasteiger partial charge >= 0.3 is 0 Å². The van der Waals surface area contributed by atoms with E-state index < -0.39 is 0 Å². The van der Waals surface area contributed by atoms with E-state index in [1.165, 1.54) is 0 Å². The summed E-state index contributed by atoms with van der Waals surface area (Å²) in [5.41, 5.74) is 6.99. The van der Waals surface area contributed by atoms with Crippen LogP contribution in [0.25, 0.3) is 0 Å². The third-order valence-electron chi connectivity index (χ3n) is 4.97. The van der Waals surface area contributed by atoms with Gasteiger partial charge < -0.3 is 4.74 Å². The minimum Gasteiger partial charge on any atom is -0.489 e. The second-order valence-corrected chi connectivity index (χ2v) is 8.40. The van der Waals surface area contributed by atoms with Crippen LogP contribution in [-0.4, -0.2) is 21.6 Å². The van der Waals surface area contributed by atoms with Crippen molar-refractivity contribution in [2.45, 2.75) is 24.4 Å². The van der Waals surface area contributed by atoms with E-state index in [4.69, 9.17) is 4.74 Å². The van der Waals surface area contributed by atoms with E-state index >= 15 is 0 Å². The molecule has 34 heavy (non-hydrogen) atoms. The molecule has 7 heteroatoms. The fourth-order valence-electron chi connectivity index (χ4n) is 3.06. The van der Waals surface area contributed by atoms with Crippen LogP contribution in [0.2, 0.25) is 0 Å². The van der Waals surface area contributed by atoms with Crippen LogP contribution in [-0.2, 0) is 12.4 Å². The lowest BCUT2D eigenvalue weighted by atomic mass is 10.1. The third-order valence-corrected chi connectivity index (χ3v) is 5.92. The number of aromatic nitrogens is 2. The summed E-state index contributed by atoms with van der Waals surface area (Å²) in [4.78, 5) is 20.9. The van der Waals surface area contributed by atoms with E-state index in [1.54, 1.807) is 42.4 Å². The molecular weight excluding hydrogens is 444 g/mol. The molecule has 4 rings (SSSR count). The quantitative estimate of drug-likeness (QED) is 0.152. The summed E-state index contributed by atoms with van der Waals surface area (Å²) in [5, 5.41) is 4.97. The molecule has 0 radical (unpaired) electrons. The fraction of sp³-hybridized carbons (Fsp3) is 0.111. The fourth-order valence-corrected chi connectivity index (χ4v) is 3.82. The van der Waals surface area contributed by atoms with Crippen LogP contribution in [0.3, 0.4) is 0 Å². The van der Waals surface area contributed by atoms with Crippen molar-refractivity contribution in [3.8, 4) is 5.75 Å². The van der Waals surface area contributed by atoms with Crippen LogP contribution < -0.4 is 10.2 Å². The van der Waals surface area contributed by atoms with Crippen molar-refractivity contribution in [2.75, 3.05) is 0 Å². The predicted molar refractivity (Wildman–Crippen MR) is 135 cm³/mol. The lowest BCUT2D eigenvalue weighted by Crippen LogP contribution is -2.19. The molecule has 0 aliphatic heterocycles. The number of amides is 1. The van der Waals surface area contributed by atoms with Crippen molar-refractivity contribution in [3.63, 3.8) is 0 Å². The maximum atomic E-state index is 12.5. The Morgan fingerprint density at radius 1 is 0.853 bits per heavy atom. The SMILES string of the molecule is C/C(=N\NC(=O)c1ccc(CSc2ncccn2)cc1)c1ccc(OCc2ccccc2)cc1. The van der Waals surface area contributed by atoms with Crippen molar-refractivity contribution in [1.82, 2.24) is 15.4 Å². The first-order chi connectivity index (χ1) is 16.7. The number of thioether (sulfide) groups is 1. The van der Waals surface area contributed by atoms with Crippen LogP contribution >= 0.6 is 11.8 Å². The summed E-state index contributed by atoms with van der Waals surface area (Å²) in [6.45, 7) is 2.37. The highest BCUT2D eigenvalue weighted by atomic mass is 32.2. The maximum Gasteiger partial charge on any atom is 0.271 e. The second-order valence-electron chi connectivity index (χ2n) is 7.45. The molecule has 0 aliphatic rings. The van der Waals surface area contributed by atoms with Crippen molar-refractivity contribution >= 4 is 23.4 Å². The van der Waals surface area contributed by atoms with Gasteiger partial charge in [-0.3, -0.25) is 4.79 Å². The number of hydrogen-bond acceptors (Lipinski definition) is 6. The van der Waals surface area contributed by atoms with E-state index in [-0.39, 0.29) is 5.91 Å². The second kappa shape index (κ2) is 11.8. The summed E-state index contributed by atoms with van der Waals surface area (Å²) >= 11 is 1.55. The molecule has 4 aromatic rings. The zero-order chi connectivity index (χ0) is 23.6. The Balaban J connectivity index is 1.28. The van der Waals surface area contributed by atoms with Gasteiger partial charge in [0.2, 0.25) is 0 Å². The Labute approximate surface area is 203 Å². The molecule has 0 fully saturated rings. The topological polar surface area (TPSA) is 76.5 Å². The van der Waals surface area contributed by atoms with Gasteiger partial charge in [0.05, 0.1) is 5.71 Å². The Morgan fingerprint density at radius 2 is 1.53 bits per heavy atom. The van der Waals surface area contributed by atoms with Gasteiger partial charge in [0, 0.05) is 23.7 Å². The average Bonchev–Trinajstić information content (AvgIpc) is 2.91. The first-order valence-electron chi connectivity index (χ1n) is 10.8. The summed E-state index contributed by atoms with van der Waals surface area (Å²) < 4.78 is 5.82. The number of carbonyl (C=O) groups excluding carboxylic acids is 1. The third kappa shape index (κ3) is 6.76. The smallest absolute Gasteiger partial charge is 0.271 e. The van der Waals surface area contributed by atoms with Crippen LogP contribution in [0.5, 0.6) is 5.75 Å². The van der Waals surface area contributed by atoms with Gasteiger partial charge in [0.15, 0.2) is 5.16 Å². The van der Waals surface area contributed by atoms with Crippen molar-refractivity contribution in [1.29, 1.82) is 0 Å². The van der Waals surface area contributed by atoms with Gasteiger partial charge in [-0.2, -0.15) is 5.10 Å². The number of hydrogen-bond donors (Lipinski definition) is 1. The van der Waals surface area contributed by atoms with Crippen molar-refractivity contribution < 1.29 is 9.53 Å². The van der Waals surface area contributed by atoms with Gasteiger partial charge in [0.25, 0.3) is 5.91 Å². The Bertz CT molecular complexity index is 1230. The number of hydrazone groups is 1. The number of ether oxygens (including phenoxy) is 1.